The Bertz CT molecular complexity index is 269. The van der Waals surface area contributed by atoms with Gasteiger partial charge in [-0.25, -0.2) is 0 Å². The predicted octanol–water partition coefficient (Wildman–Crippen LogP) is 4.56. The van der Waals surface area contributed by atoms with Gasteiger partial charge < -0.3 is 19.7 Å². The van der Waals surface area contributed by atoms with Gasteiger partial charge in [0.25, 0.3) is 0 Å². The zero-order valence-electron chi connectivity index (χ0n) is 17.2. The number of hydrogen-bond acceptors (Lipinski definition) is 4. The maximum atomic E-state index is 9.73. The lowest BCUT2D eigenvalue weighted by atomic mass is 10.0. The van der Waals surface area contributed by atoms with Crippen LogP contribution in [0, 0.1) is 11.8 Å². The van der Waals surface area contributed by atoms with Crippen LogP contribution in [-0.2, 0) is 9.47 Å². The molecule has 0 aromatic rings. The molecule has 0 amide bonds. The fourth-order valence-corrected chi connectivity index (χ4v) is 2.93. The van der Waals surface area contributed by atoms with Crippen molar-refractivity contribution in [1.29, 1.82) is 0 Å². The maximum Gasteiger partial charge on any atom is 0.107 e. The summed E-state index contributed by atoms with van der Waals surface area (Å²) in [4.78, 5) is 0. The van der Waals surface area contributed by atoms with E-state index in [1.54, 1.807) is 0 Å². The van der Waals surface area contributed by atoms with Gasteiger partial charge in [-0.1, -0.05) is 66.2 Å². The minimum atomic E-state index is -0.336. The molecule has 25 heavy (non-hydrogen) atoms. The van der Waals surface area contributed by atoms with Gasteiger partial charge >= 0.3 is 0 Å². The summed E-state index contributed by atoms with van der Waals surface area (Å²) in [7, 11) is 0. The Morgan fingerprint density at radius 3 is 2.08 bits per heavy atom. The standard InChI is InChI=1S/C13H26O3.C8H18O/c1-3-5-6-11(4-2)9-16-13-10-15-8-7-12(13)14;1-3-5-6-8(4-2)7-9/h11-14H,3-10H2,1-2H3;8-9H,3-7H2,1-2H3. The molecule has 4 heteroatoms. The summed E-state index contributed by atoms with van der Waals surface area (Å²) in [5.41, 5.74) is 0. The van der Waals surface area contributed by atoms with Gasteiger partial charge in [-0.2, -0.15) is 0 Å². The summed E-state index contributed by atoms with van der Waals surface area (Å²) in [6.07, 6.45) is 9.99. The number of hydrogen-bond donors (Lipinski definition) is 2. The van der Waals surface area contributed by atoms with Crippen molar-refractivity contribution >= 4 is 0 Å². The topological polar surface area (TPSA) is 58.9 Å². The van der Waals surface area contributed by atoms with Gasteiger partial charge in [0.05, 0.1) is 12.7 Å². The molecule has 2 N–H and O–H groups in total. The van der Waals surface area contributed by atoms with Crippen molar-refractivity contribution in [3.8, 4) is 0 Å². The van der Waals surface area contributed by atoms with Crippen LogP contribution in [-0.4, -0.2) is 48.8 Å². The van der Waals surface area contributed by atoms with Crippen molar-refractivity contribution in [3.63, 3.8) is 0 Å². The highest BCUT2D eigenvalue weighted by Gasteiger charge is 2.25. The highest BCUT2D eigenvalue weighted by atomic mass is 16.5. The second-order valence-electron chi connectivity index (χ2n) is 7.32. The second kappa shape index (κ2) is 17.3. The summed E-state index contributed by atoms with van der Waals surface area (Å²) in [6.45, 7) is 11.1. The molecule has 4 atom stereocenters. The molecule has 0 saturated carbocycles. The quantitative estimate of drug-likeness (QED) is 0.535. The molecule has 1 heterocycles. The first kappa shape index (κ1) is 24.8. The van der Waals surface area contributed by atoms with Crippen molar-refractivity contribution in [2.75, 3.05) is 26.4 Å². The van der Waals surface area contributed by atoms with Crippen molar-refractivity contribution in [2.45, 2.75) is 97.7 Å². The largest absolute Gasteiger partial charge is 0.396 e. The molecule has 1 aliphatic rings. The fraction of sp³-hybridized carbons (Fsp3) is 1.00. The molecule has 1 aliphatic heterocycles. The molecule has 4 unspecified atom stereocenters. The SMILES string of the molecule is CCCCC(CC)CO.CCCCC(CC)COC1COCCC1O. The fourth-order valence-electron chi connectivity index (χ4n) is 2.93. The Kier molecular flexibility index (Phi) is 17.2. The van der Waals surface area contributed by atoms with Crippen LogP contribution in [0.15, 0.2) is 0 Å². The third-order valence-corrected chi connectivity index (χ3v) is 5.16. The van der Waals surface area contributed by atoms with Crippen LogP contribution in [0.2, 0.25) is 0 Å². The summed E-state index contributed by atoms with van der Waals surface area (Å²) in [5, 5.41) is 18.5. The monoisotopic (exact) mass is 360 g/mol. The van der Waals surface area contributed by atoms with E-state index in [0.717, 1.165) is 19.4 Å². The zero-order chi connectivity index (χ0) is 18.9. The first-order valence-corrected chi connectivity index (χ1v) is 10.6. The summed E-state index contributed by atoms with van der Waals surface area (Å²) >= 11 is 0. The first-order valence-electron chi connectivity index (χ1n) is 10.6. The van der Waals surface area contributed by atoms with Gasteiger partial charge in [0.1, 0.15) is 6.10 Å². The molecule has 0 spiro atoms. The molecule has 1 saturated heterocycles. The molecule has 152 valence electrons. The zero-order valence-corrected chi connectivity index (χ0v) is 17.2. The second-order valence-corrected chi connectivity index (χ2v) is 7.32. The van der Waals surface area contributed by atoms with E-state index in [0.29, 0.717) is 38.1 Å². The van der Waals surface area contributed by atoms with Crippen LogP contribution >= 0.6 is 0 Å². The molecular formula is C21H44O4. The smallest absolute Gasteiger partial charge is 0.107 e. The van der Waals surface area contributed by atoms with E-state index in [9.17, 15) is 5.11 Å². The van der Waals surface area contributed by atoms with E-state index in [4.69, 9.17) is 14.6 Å². The molecule has 0 aromatic carbocycles. The normalized spacial score (nSPS) is 22.8. The van der Waals surface area contributed by atoms with E-state index in [2.05, 4.69) is 27.7 Å². The molecule has 0 aromatic heterocycles. The highest BCUT2D eigenvalue weighted by Crippen LogP contribution is 2.17. The third-order valence-electron chi connectivity index (χ3n) is 5.16. The summed E-state index contributed by atoms with van der Waals surface area (Å²) in [6, 6.07) is 0. The van der Waals surface area contributed by atoms with Crippen LogP contribution < -0.4 is 0 Å². The Morgan fingerprint density at radius 2 is 1.60 bits per heavy atom. The minimum absolute atomic E-state index is 0.107. The van der Waals surface area contributed by atoms with Crippen LogP contribution in [0.5, 0.6) is 0 Å². The van der Waals surface area contributed by atoms with Crippen molar-refractivity contribution in [1.82, 2.24) is 0 Å². The number of aliphatic hydroxyl groups excluding tert-OH is 2. The highest BCUT2D eigenvalue weighted by molar-refractivity contribution is 4.73. The Labute approximate surface area is 156 Å². The van der Waals surface area contributed by atoms with Gasteiger partial charge in [0.15, 0.2) is 0 Å². The predicted molar refractivity (Wildman–Crippen MR) is 105 cm³/mol. The number of rotatable bonds is 12. The average Bonchev–Trinajstić information content (AvgIpc) is 2.64. The van der Waals surface area contributed by atoms with E-state index >= 15 is 0 Å². The number of aliphatic hydroxyl groups is 2. The summed E-state index contributed by atoms with van der Waals surface area (Å²) < 4.78 is 11.1. The molecule has 1 fully saturated rings. The van der Waals surface area contributed by atoms with Crippen molar-refractivity contribution in [2.24, 2.45) is 11.8 Å². The lowest BCUT2D eigenvalue weighted by Crippen LogP contribution is -2.39. The minimum Gasteiger partial charge on any atom is -0.396 e. The van der Waals surface area contributed by atoms with E-state index in [1.165, 1.54) is 38.5 Å². The molecule has 0 radical (unpaired) electrons. The van der Waals surface area contributed by atoms with Crippen molar-refractivity contribution in [3.05, 3.63) is 0 Å². The number of ether oxygens (including phenoxy) is 2. The lowest BCUT2D eigenvalue weighted by molar-refractivity contribution is -0.124. The Morgan fingerprint density at radius 1 is 1.00 bits per heavy atom. The molecule has 1 rings (SSSR count). The van der Waals surface area contributed by atoms with Gasteiger partial charge in [-0.05, 0) is 31.1 Å². The molecule has 4 nitrogen and oxygen atoms in total. The molecule has 0 bridgehead atoms. The van der Waals surface area contributed by atoms with Gasteiger partial charge in [-0.15, -0.1) is 0 Å². The summed E-state index contributed by atoms with van der Waals surface area (Å²) in [5.74, 6) is 1.19. The maximum absolute atomic E-state index is 9.73. The Hall–Kier alpha value is -0.160. The Balaban J connectivity index is 0.000000547. The van der Waals surface area contributed by atoms with Gasteiger partial charge in [0, 0.05) is 19.8 Å². The van der Waals surface area contributed by atoms with E-state index < -0.39 is 0 Å². The van der Waals surface area contributed by atoms with Crippen LogP contribution in [0.25, 0.3) is 0 Å². The molecule has 0 aliphatic carbocycles. The van der Waals surface area contributed by atoms with Gasteiger partial charge in [-0.3, -0.25) is 0 Å². The lowest BCUT2D eigenvalue weighted by Gasteiger charge is -2.29. The van der Waals surface area contributed by atoms with Crippen molar-refractivity contribution < 1.29 is 19.7 Å². The number of unbranched alkanes of at least 4 members (excludes halogenated alkanes) is 2. The van der Waals surface area contributed by atoms with Gasteiger partial charge in [0.2, 0.25) is 0 Å². The van der Waals surface area contributed by atoms with Crippen LogP contribution in [0.1, 0.15) is 85.5 Å². The molecular weight excluding hydrogens is 316 g/mol. The average molecular weight is 361 g/mol. The van der Waals surface area contributed by atoms with E-state index in [1.807, 2.05) is 0 Å². The van der Waals surface area contributed by atoms with Crippen LogP contribution in [0.3, 0.4) is 0 Å². The van der Waals surface area contributed by atoms with Crippen LogP contribution in [0.4, 0.5) is 0 Å². The third kappa shape index (κ3) is 12.8. The first-order chi connectivity index (χ1) is 12.1. The van der Waals surface area contributed by atoms with E-state index in [-0.39, 0.29) is 12.2 Å².